The van der Waals surface area contributed by atoms with Gasteiger partial charge < -0.3 is 5.11 Å². The van der Waals surface area contributed by atoms with Gasteiger partial charge in [-0.25, -0.2) is 0 Å². The molecule has 1 aromatic carbocycles. The lowest BCUT2D eigenvalue weighted by atomic mass is 9.83. The Morgan fingerprint density at radius 2 is 1.94 bits per heavy atom. The van der Waals surface area contributed by atoms with E-state index in [-0.39, 0.29) is 5.41 Å². The molecule has 0 bridgehead atoms. The summed E-state index contributed by atoms with van der Waals surface area (Å²) >= 11 is 0. The second-order valence-electron chi connectivity index (χ2n) is 6.65. The minimum absolute atomic E-state index is 0.275. The van der Waals surface area contributed by atoms with E-state index in [1.165, 1.54) is 11.1 Å². The number of aliphatic hydroxyl groups is 1. The fourth-order valence-corrected chi connectivity index (χ4v) is 3.47. The summed E-state index contributed by atoms with van der Waals surface area (Å²) in [5.41, 5.74) is 2.34. The average molecular weight is 232 g/mol. The molecule has 2 rings (SSSR count). The van der Waals surface area contributed by atoms with Gasteiger partial charge in [0.15, 0.2) is 0 Å². The molecular weight excluding hydrogens is 208 g/mol. The highest BCUT2D eigenvalue weighted by molar-refractivity contribution is 5.27. The normalized spacial score (nSPS) is 31.7. The predicted octanol–water partition coefficient (Wildman–Crippen LogP) is 3.72. The van der Waals surface area contributed by atoms with E-state index >= 15 is 0 Å². The van der Waals surface area contributed by atoms with Crippen LogP contribution in [-0.2, 0) is 6.42 Å². The average Bonchev–Trinajstić information content (AvgIpc) is 2.39. The van der Waals surface area contributed by atoms with Gasteiger partial charge in [0, 0.05) is 6.42 Å². The van der Waals surface area contributed by atoms with E-state index < -0.39 is 5.60 Å². The van der Waals surface area contributed by atoms with Gasteiger partial charge in [0.1, 0.15) is 0 Å². The van der Waals surface area contributed by atoms with Gasteiger partial charge in [0.25, 0.3) is 0 Å². The summed E-state index contributed by atoms with van der Waals surface area (Å²) in [6, 6.07) is 8.40. The van der Waals surface area contributed by atoms with Crippen molar-refractivity contribution in [3.05, 3.63) is 35.4 Å². The summed E-state index contributed by atoms with van der Waals surface area (Å²) in [5, 5.41) is 10.9. The molecule has 0 aliphatic heterocycles. The maximum Gasteiger partial charge on any atom is 0.0718 e. The molecule has 1 saturated carbocycles. The second-order valence-corrected chi connectivity index (χ2v) is 6.65. The van der Waals surface area contributed by atoms with E-state index in [9.17, 15) is 5.11 Å². The van der Waals surface area contributed by atoms with Gasteiger partial charge in [-0.1, -0.05) is 45.0 Å². The SMILES string of the molecule is Cc1ccccc1CC1(O)CC(C)(C)CC1C. The lowest BCUT2D eigenvalue weighted by Gasteiger charge is -2.29. The van der Waals surface area contributed by atoms with E-state index in [0.29, 0.717) is 5.92 Å². The molecule has 0 spiro atoms. The van der Waals surface area contributed by atoms with Gasteiger partial charge in [-0.05, 0) is 42.2 Å². The molecule has 2 unspecified atom stereocenters. The molecule has 17 heavy (non-hydrogen) atoms. The lowest BCUT2D eigenvalue weighted by Crippen LogP contribution is -2.35. The van der Waals surface area contributed by atoms with Crippen molar-refractivity contribution in [3.63, 3.8) is 0 Å². The van der Waals surface area contributed by atoms with Gasteiger partial charge in [-0.15, -0.1) is 0 Å². The first-order valence-electron chi connectivity index (χ1n) is 6.59. The topological polar surface area (TPSA) is 20.2 Å². The Bertz CT molecular complexity index is 408. The van der Waals surface area contributed by atoms with Crippen LogP contribution in [0.5, 0.6) is 0 Å². The Morgan fingerprint density at radius 3 is 2.47 bits per heavy atom. The monoisotopic (exact) mass is 232 g/mol. The zero-order valence-corrected chi connectivity index (χ0v) is 11.5. The third-order valence-electron chi connectivity index (χ3n) is 4.32. The van der Waals surface area contributed by atoms with Crippen molar-refractivity contribution in [2.24, 2.45) is 11.3 Å². The van der Waals surface area contributed by atoms with Crippen LogP contribution in [0.4, 0.5) is 0 Å². The highest BCUT2D eigenvalue weighted by atomic mass is 16.3. The van der Waals surface area contributed by atoms with E-state index in [2.05, 4.69) is 52.0 Å². The Labute approximate surface area is 105 Å². The number of rotatable bonds is 2. The Balaban J connectivity index is 2.21. The summed E-state index contributed by atoms with van der Waals surface area (Å²) < 4.78 is 0. The molecular formula is C16H24O. The smallest absolute Gasteiger partial charge is 0.0718 e. The summed E-state index contributed by atoms with van der Waals surface area (Å²) in [6.45, 7) is 8.84. The molecule has 1 aromatic rings. The Kier molecular flexibility index (Phi) is 3.07. The van der Waals surface area contributed by atoms with Crippen molar-refractivity contribution in [2.45, 2.75) is 52.6 Å². The van der Waals surface area contributed by atoms with Crippen LogP contribution in [0.1, 0.15) is 44.7 Å². The predicted molar refractivity (Wildman–Crippen MR) is 72.0 cm³/mol. The van der Waals surface area contributed by atoms with E-state index in [4.69, 9.17) is 0 Å². The number of benzene rings is 1. The van der Waals surface area contributed by atoms with Crippen LogP contribution in [0.3, 0.4) is 0 Å². The van der Waals surface area contributed by atoms with Crippen LogP contribution in [-0.4, -0.2) is 10.7 Å². The molecule has 0 heterocycles. The molecule has 1 nitrogen and oxygen atoms in total. The quantitative estimate of drug-likeness (QED) is 0.824. The summed E-state index contributed by atoms with van der Waals surface area (Å²) in [6.07, 6.45) is 2.83. The molecule has 1 fully saturated rings. The highest BCUT2D eigenvalue weighted by Crippen LogP contribution is 2.48. The molecule has 0 aromatic heterocycles. The van der Waals surface area contributed by atoms with Gasteiger partial charge in [-0.2, -0.15) is 0 Å². The van der Waals surface area contributed by atoms with E-state index in [0.717, 1.165) is 19.3 Å². The van der Waals surface area contributed by atoms with Crippen LogP contribution < -0.4 is 0 Å². The third-order valence-corrected chi connectivity index (χ3v) is 4.32. The van der Waals surface area contributed by atoms with E-state index in [1.807, 2.05) is 0 Å². The largest absolute Gasteiger partial charge is 0.389 e. The maximum absolute atomic E-state index is 10.9. The van der Waals surface area contributed by atoms with Crippen molar-refractivity contribution in [1.29, 1.82) is 0 Å². The highest BCUT2D eigenvalue weighted by Gasteiger charge is 2.47. The fourth-order valence-electron chi connectivity index (χ4n) is 3.47. The minimum atomic E-state index is -0.518. The molecule has 1 aliphatic carbocycles. The standard InChI is InChI=1S/C16H24O/c1-12-7-5-6-8-14(12)10-16(17)11-15(3,4)9-13(16)2/h5-8,13,17H,9-11H2,1-4H3. The van der Waals surface area contributed by atoms with Gasteiger partial charge in [-0.3, -0.25) is 0 Å². The van der Waals surface area contributed by atoms with Gasteiger partial charge >= 0.3 is 0 Å². The zero-order valence-electron chi connectivity index (χ0n) is 11.5. The summed E-state index contributed by atoms with van der Waals surface area (Å²) in [4.78, 5) is 0. The summed E-state index contributed by atoms with van der Waals surface area (Å²) in [7, 11) is 0. The fraction of sp³-hybridized carbons (Fsp3) is 0.625. The van der Waals surface area contributed by atoms with Crippen LogP contribution in [0.2, 0.25) is 0 Å². The van der Waals surface area contributed by atoms with Crippen molar-refractivity contribution in [2.75, 3.05) is 0 Å². The Morgan fingerprint density at radius 1 is 1.29 bits per heavy atom. The molecule has 2 atom stereocenters. The zero-order chi connectivity index (χ0) is 12.7. The van der Waals surface area contributed by atoms with Crippen LogP contribution in [0.15, 0.2) is 24.3 Å². The molecule has 0 saturated heterocycles. The molecule has 0 amide bonds. The Hall–Kier alpha value is -0.820. The van der Waals surface area contributed by atoms with Gasteiger partial charge in [0.05, 0.1) is 5.60 Å². The molecule has 94 valence electrons. The maximum atomic E-state index is 10.9. The first kappa shape index (κ1) is 12.6. The van der Waals surface area contributed by atoms with Crippen molar-refractivity contribution < 1.29 is 5.11 Å². The molecule has 0 radical (unpaired) electrons. The minimum Gasteiger partial charge on any atom is -0.389 e. The molecule has 1 heteroatoms. The van der Waals surface area contributed by atoms with Crippen LogP contribution in [0.25, 0.3) is 0 Å². The van der Waals surface area contributed by atoms with Gasteiger partial charge in [0.2, 0.25) is 0 Å². The third kappa shape index (κ3) is 2.55. The first-order chi connectivity index (χ1) is 7.82. The second kappa shape index (κ2) is 4.13. The first-order valence-corrected chi connectivity index (χ1v) is 6.59. The molecule has 1 aliphatic rings. The number of aryl methyl sites for hydroxylation is 1. The van der Waals surface area contributed by atoms with Crippen LogP contribution >= 0.6 is 0 Å². The molecule has 1 N–H and O–H groups in total. The van der Waals surface area contributed by atoms with Crippen molar-refractivity contribution >= 4 is 0 Å². The van der Waals surface area contributed by atoms with Crippen molar-refractivity contribution in [3.8, 4) is 0 Å². The number of hydrogen-bond donors (Lipinski definition) is 1. The summed E-state index contributed by atoms with van der Waals surface area (Å²) in [5.74, 6) is 0.386. The lowest BCUT2D eigenvalue weighted by molar-refractivity contribution is 0.00432. The number of hydrogen-bond acceptors (Lipinski definition) is 1. The van der Waals surface area contributed by atoms with Crippen molar-refractivity contribution in [1.82, 2.24) is 0 Å². The van der Waals surface area contributed by atoms with Crippen LogP contribution in [0, 0.1) is 18.3 Å². The van der Waals surface area contributed by atoms with E-state index in [1.54, 1.807) is 0 Å².